The number of aromatic nitrogens is 3. The van der Waals surface area contributed by atoms with E-state index in [9.17, 15) is 29.7 Å². The molecule has 1 amide bonds. The Hall–Kier alpha value is -3.45. The number of nitrogen functional groups attached to an aromatic ring is 1. The molecule has 6 N–H and O–H groups in total. The number of hydrogen-bond acceptors (Lipinski definition) is 12. The number of nitrogens with zero attached hydrogens (tertiary/aromatic N) is 4. The second-order valence-corrected chi connectivity index (χ2v) is 15.3. The van der Waals surface area contributed by atoms with Gasteiger partial charge < -0.3 is 35.6 Å². The molecule has 0 aliphatic carbocycles. The van der Waals surface area contributed by atoms with E-state index in [1.807, 2.05) is 6.07 Å². The predicted molar refractivity (Wildman–Crippen MR) is 202 cm³/mol. The molecule has 1 aliphatic heterocycles. The number of fused-ring (bicyclic) bond motifs is 1. The van der Waals surface area contributed by atoms with Gasteiger partial charge in [-0.3, -0.25) is 13.8 Å². The molecule has 1 aromatic carbocycles. The maximum Gasteiger partial charge on any atom is 0.472 e. The Morgan fingerprint density at radius 1 is 0.981 bits per heavy atom. The highest BCUT2D eigenvalue weighted by atomic mass is 31.2. The number of amides is 1. The van der Waals surface area contributed by atoms with Gasteiger partial charge >= 0.3 is 7.82 Å². The monoisotopic (exact) mass is 772 g/mol. The summed E-state index contributed by atoms with van der Waals surface area (Å²) in [6.07, 6.45) is 13.7. The number of benzene rings is 1. The fraction of sp³-hybridized carbons (Fsp3) is 0.632. The lowest BCUT2D eigenvalue weighted by Gasteiger charge is -2.24. The van der Waals surface area contributed by atoms with Crippen LogP contribution in [0.15, 0.2) is 48.8 Å². The number of aliphatic hydroxyl groups is 2. The first-order chi connectivity index (χ1) is 26.1. The number of carbonyl (C=O) groups is 1. The van der Waals surface area contributed by atoms with Crippen LogP contribution >= 0.6 is 7.82 Å². The Kier molecular flexibility index (Phi) is 17.8. The van der Waals surface area contributed by atoms with Crippen molar-refractivity contribution in [3.63, 3.8) is 0 Å². The molecule has 298 valence electrons. The molecule has 1 saturated heterocycles. The first kappa shape index (κ1) is 43.3. The van der Waals surface area contributed by atoms with Crippen molar-refractivity contribution >= 4 is 25.1 Å². The lowest BCUT2D eigenvalue weighted by molar-refractivity contribution is -0.0645. The number of nitrogens with one attached hydrogen (secondary N) is 1. The van der Waals surface area contributed by atoms with Crippen molar-refractivity contribution in [1.82, 2.24) is 19.9 Å². The lowest BCUT2D eigenvalue weighted by Crippen LogP contribution is -2.41. The van der Waals surface area contributed by atoms with E-state index in [2.05, 4.69) is 22.3 Å². The quantitative estimate of drug-likeness (QED) is 0.0497. The van der Waals surface area contributed by atoms with Crippen LogP contribution < -0.4 is 11.1 Å². The number of rotatable bonds is 26. The van der Waals surface area contributed by atoms with Gasteiger partial charge in [0, 0.05) is 12.2 Å². The first-order valence-corrected chi connectivity index (χ1v) is 20.7. The zero-order valence-electron chi connectivity index (χ0n) is 31.3. The number of phosphoric acid groups is 1. The molecule has 16 heteroatoms. The molecule has 3 aromatic rings. The normalized spacial score (nSPS) is 21.5. The van der Waals surface area contributed by atoms with Crippen molar-refractivity contribution in [3.05, 3.63) is 60.0 Å². The fourth-order valence-corrected chi connectivity index (χ4v) is 7.33. The minimum absolute atomic E-state index is 0.0255. The molecular weight excluding hydrogens is 715 g/mol. The molecule has 1 unspecified atom stereocenters. The van der Waals surface area contributed by atoms with Gasteiger partial charge in [-0.1, -0.05) is 109 Å². The summed E-state index contributed by atoms with van der Waals surface area (Å²) in [7, 11) is -4.80. The Balaban J connectivity index is 1.21. The summed E-state index contributed by atoms with van der Waals surface area (Å²) in [6, 6.07) is 12.6. The first-order valence-electron chi connectivity index (χ1n) is 19.2. The highest BCUT2D eigenvalue weighted by Crippen LogP contribution is 2.46. The molecule has 54 heavy (non-hydrogen) atoms. The van der Waals surface area contributed by atoms with E-state index in [4.69, 9.17) is 24.3 Å². The fourth-order valence-electron chi connectivity index (χ4n) is 6.55. The van der Waals surface area contributed by atoms with Crippen molar-refractivity contribution < 1.29 is 43.0 Å². The van der Waals surface area contributed by atoms with Gasteiger partial charge in [0.25, 0.3) is 5.91 Å². The highest BCUT2D eigenvalue weighted by Gasteiger charge is 2.58. The number of aliphatic hydroxyl groups excluding tert-OH is 2. The molecule has 0 spiro atoms. The number of ether oxygens (including phenoxy) is 2. The molecule has 2 aromatic heterocycles. The van der Waals surface area contributed by atoms with E-state index < -0.39 is 56.9 Å². The second-order valence-electron chi connectivity index (χ2n) is 13.9. The average Bonchev–Trinajstić information content (AvgIpc) is 3.72. The zero-order chi connectivity index (χ0) is 38.8. The highest BCUT2D eigenvalue weighted by molar-refractivity contribution is 7.47. The summed E-state index contributed by atoms with van der Waals surface area (Å²) in [5.74, 6) is -0.290. The molecule has 0 bridgehead atoms. The lowest BCUT2D eigenvalue weighted by atomic mass is 9.92. The van der Waals surface area contributed by atoms with E-state index >= 15 is 0 Å². The Morgan fingerprint density at radius 2 is 1.61 bits per heavy atom. The molecule has 3 heterocycles. The average molecular weight is 773 g/mol. The summed E-state index contributed by atoms with van der Waals surface area (Å²) in [6.45, 7) is 1.58. The molecule has 4 rings (SSSR count). The number of anilines is 1. The number of nitrogens with two attached hydrogens (primary N) is 1. The van der Waals surface area contributed by atoms with Crippen LogP contribution in [-0.2, 0) is 28.7 Å². The van der Waals surface area contributed by atoms with Crippen LogP contribution in [0.1, 0.15) is 113 Å². The Labute approximate surface area is 317 Å². The van der Waals surface area contributed by atoms with Crippen LogP contribution in [0, 0.1) is 11.3 Å². The van der Waals surface area contributed by atoms with Crippen LogP contribution in [0.2, 0.25) is 0 Å². The van der Waals surface area contributed by atoms with Crippen LogP contribution in [0.25, 0.3) is 5.52 Å². The SMILES string of the molecule is CCCCCCCCCCCCCCCCOC[C@@H](COP(=O)(O)OC[C@H]1O[C@@](C#N)(c2ccc3c(N)ncnn23)[C@H](O)[C@@H]1O)NC(=O)c1ccccc1. The van der Waals surface area contributed by atoms with Crippen molar-refractivity contribution in [3.8, 4) is 6.07 Å². The van der Waals surface area contributed by atoms with Gasteiger partial charge in [0.1, 0.15) is 36.2 Å². The van der Waals surface area contributed by atoms with Crippen LogP contribution in [0.4, 0.5) is 5.82 Å². The Bertz CT molecular complexity index is 1660. The number of phosphoric ester groups is 1. The van der Waals surface area contributed by atoms with E-state index in [0.717, 1.165) is 25.6 Å². The molecule has 15 nitrogen and oxygen atoms in total. The zero-order valence-corrected chi connectivity index (χ0v) is 32.2. The third-order valence-electron chi connectivity index (χ3n) is 9.66. The summed E-state index contributed by atoms with van der Waals surface area (Å²) < 4.78 is 36.3. The minimum Gasteiger partial charge on any atom is -0.387 e. The van der Waals surface area contributed by atoms with Gasteiger partial charge in [-0.15, -0.1) is 0 Å². The van der Waals surface area contributed by atoms with Gasteiger partial charge in [-0.05, 0) is 30.7 Å². The summed E-state index contributed by atoms with van der Waals surface area (Å²) in [5, 5.41) is 38.7. The molecular formula is C38H57N6O9P. The number of hydrogen-bond donors (Lipinski definition) is 5. The number of unbranched alkanes of at least 4 members (excludes halogenated alkanes) is 13. The third kappa shape index (κ3) is 12.5. The standard InChI is InChI=1S/C38H57N6O9P/c1-2-3-4-5-6-7-8-9-10-11-12-13-14-18-23-50-24-30(43-37(47)29-19-16-15-17-20-29)25-51-54(48,49)52-26-32-34(45)35(46)38(27-39,53-32)33-22-21-31-36(40)41-28-42-44(31)33/h15-17,19-22,28,30,32,34-35,45-46H,2-14,18,23-26H2,1H3,(H,43,47)(H,48,49)(H2,40,41,42)/t30-,32+,34+,35+,38-/m0/s1. The number of carbonyl (C=O) groups excluding carboxylic acids is 1. The van der Waals surface area contributed by atoms with Crippen molar-refractivity contribution in [2.24, 2.45) is 0 Å². The van der Waals surface area contributed by atoms with E-state index in [-0.39, 0.29) is 18.1 Å². The molecule has 0 radical (unpaired) electrons. The molecule has 6 atom stereocenters. The second kappa shape index (κ2) is 22.2. The Morgan fingerprint density at radius 3 is 2.24 bits per heavy atom. The third-order valence-corrected chi connectivity index (χ3v) is 10.6. The van der Waals surface area contributed by atoms with Crippen molar-refractivity contribution in [1.29, 1.82) is 5.26 Å². The van der Waals surface area contributed by atoms with Gasteiger partial charge in [0.05, 0.1) is 31.6 Å². The van der Waals surface area contributed by atoms with Gasteiger partial charge in [-0.25, -0.2) is 14.1 Å². The maximum atomic E-state index is 13.0. The predicted octanol–water partition coefficient (Wildman–Crippen LogP) is 5.58. The van der Waals surface area contributed by atoms with Crippen LogP contribution in [0.3, 0.4) is 0 Å². The van der Waals surface area contributed by atoms with Crippen LogP contribution in [0.5, 0.6) is 0 Å². The van der Waals surface area contributed by atoms with E-state index in [1.54, 1.807) is 30.3 Å². The minimum atomic E-state index is -4.80. The largest absolute Gasteiger partial charge is 0.472 e. The number of nitriles is 1. The topological polar surface area (TPSA) is 224 Å². The molecule has 0 saturated carbocycles. The summed E-state index contributed by atoms with van der Waals surface area (Å²) >= 11 is 0. The van der Waals surface area contributed by atoms with Gasteiger partial charge in [0.15, 0.2) is 5.82 Å². The molecule has 1 fully saturated rings. The van der Waals surface area contributed by atoms with E-state index in [1.165, 1.54) is 87.3 Å². The smallest absolute Gasteiger partial charge is 0.387 e. The maximum absolute atomic E-state index is 13.0. The van der Waals surface area contributed by atoms with Crippen molar-refractivity contribution in [2.45, 2.75) is 127 Å². The van der Waals surface area contributed by atoms with Gasteiger partial charge in [0.2, 0.25) is 5.60 Å². The van der Waals surface area contributed by atoms with Crippen molar-refractivity contribution in [2.75, 3.05) is 32.2 Å². The van der Waals surface area contributed by atoms with E-state index in [0.29, 0.717) is 17.7 Å². The molecule has 1 aliphatic rings. The van der Waals surface area contributed by atoms with Crippen LogP contribution in [-0.4, -0.2) is 86.4 Å². The van der Waals surface area contributed by atoms with Gasteiger partial charge in [-0.2, -0.15) is 10.4 Å². The summed E-state index contributed by atoms with van der Waals surface area (Å²) in [4.78, 5) is 27.4. The summed E-state index contributed by atoms with van der Waals surface area (Å²) in [5.41, 5.74) is 4.60.